The first-order chi connectivity index (χ1) is 13.7. The van der Waals surface area contributed by atoms with E-state index in [9.17, 15) is 13.2 Å². The predicted molar refractivity (Wildman–Crippen MR) is 107 cm³/mol. The molecule has 9 nitrogen and oxygen atoms in total. The molecule has 2 saturated carbocycles. The summed E-state index contributed by atoms with van der Waals surface area (Å²) in [6.45, 7) is 0.231. The third kappa shape index (κ3) is 5.64. The highest BCUT2D eigenvalue weighted by Gasteiger charge is 2.45. The van der Waals surface area contributed by atoms with E-state index in [0.29, 0.717) is 25.1 Å². The van der Waals surface area contributed by atoms with Gasteiger partial charge in [-0.25, -0.2) is 18.1 Å². The summed E-state index contributed by atoms with van der Waals surface area (Å²) < 4.78 is 36.8. The highest BCUT2D eigenvalue weighted by molar-refractivity contribution is 7.88. The number of nitrogens with two attached hydrogens (primary N) is 1. The number of ether oxygens (including phenoxy) is 2. The Labute approximate surface area is 171 Å². The van der Waals surface area contributed by atoms with Crippen LogP contribution in [0.3, 0.4) is 0 Å². The maximum atomic E-state index is 12.1. The van der Waals surface area contributed by atoms with Crippen LogP contribution in [-0.4, -0.2) is 56.4 Å². The summed E-state index contributed by atoms with van der Waals surface area (Å²) in [5, 5.41) is 0. The van der Waals surface area contributed by atoms with Gasteiger partial charge in [-0.05, 0) is 44.9 Å². The molecule has 2 aliphatic rings. The molecule has 2 aliphatic carbocycles. The molecule has 1 aromatic rings. The number of aromatic nitrogens is 2. The number of methoxy groups -OCH3 is 1. The summed E-state index contributed by atoms with van der Waals surface area (Å²) in [6, 6.07) is 1.46. The molecule has 3 rings (SSSR count). The van der Waals surface area contributed by atoms with Crippen molar-refractivity contribution in [3.63, 3.8) is 0 Å². The lowest BCUT2D eigenvalue weighted by Gasteiger charge is -2.32. The van der Waals surface area contributed by atoms with Gasteiger partial charge < -0.3 is 15.2 Å². The van der Waals surface area contributed by atoms with Gasteiger partial charge in [0.2, 0.25) is 21.8 Å². The number of hydrogen-bond acceptors (Lipinski definition) is 7. The first kappa shape index (κ1) is 21.9. The van der Waals surface area contributed by atoms with Gasteiger partial charge in [0.1, 0.15) is 5.82 Å². The van der Waals surface area contributed by atoms with Gasteiger partial charge in [0, 0.05) is 24.2 Å². The van der Waals surface area contributed by atoms with Crippen LogP contribution in [0.25, 0.3) is 0 Å². The van der Waals surface area contributed by atoms with Crippen LogP contribution < -0.4 is 15.2 Å². The maximum Gasteiger partial charge on any atom is 0.226 e. The second kappa shape index (κ2) is 8.93. The molecule has 29 heavy (non-hydrogen) atoms. The zero-order valence-corrected chi connectivity index (χ0v) is 17.8. The quantitative estimate of drug-likeness (QED) is 0.636. The topological polar surface area (TPSA) is 134 Å². The number of hydrogen-bond donors (Lipinski definition) is 2. The molecule has 1 amide bonds. The highest BCUT2D eigenvalue weighted by Crippen LogP contribution is 2.40. The molecule has 1 heterocycles. The van der Waals surface area contributed by atoms with Crippen molar-refractivity contribution in [2.24, 2.45) is 11.1 Å². The van der Waals surface area contributed by atoms with E-state index in [4.69, 9.17) is 15.2 Å². The Kier molecular flexibility index (Phi) is 6.75. The Morgan fingerprint density at radius 1 is 1.31 bits per heavy atom. The van der Waals surface area contributed by atoms with Crippen LogP contribution in [-0.2, 0) is 19.6 Å². The average molecular weight is 427 g/mol. The van der Waals surface area contributed by atoms with Crippen molar-refractivity contribution in [3.05, 3.63) is 18.1 Å². The van der Waals surface area contributed by atoms with Crippen LogP contribution in [0.2, 0.25) is 0 Å². The minimum absolute atomic E-state index is 0.0509. The number of primary amides is 1. The molecule has 2 fully saturated rings. The van der Waals surface area contributed by atoms with Gasteiger partial charge in [-0.3, -0.25) is 4.79 Å². The Bertz CT molecular complexity index is 826. The van der Waals surface area contributed by atoms with Crippen LogP contribution in [0.5, 0.6) is 5.88 Å². The Balaban J connectivity index is 1.52. The molecule has 162 valence electrons. The fourth-order valence-electron chi connectivity index (χ4n) is 4.39. The Hall–Kier alpha value is -1.78. The fraction of sp³-hybridized carbons (Fsp3) is 0.737. The van der Waals surface area contributed by atoms with E-state index in [1.165, 1.54) is 0 Å². The lowest BCUT2D eigenvalue weighted by Crippen LogP contribution is -2.42. The summed E-state index contributed by atoms with van der Waals surface area (Å²) >= 11 is 0. The van der Waals surface area contributed by atoms with Crippen molar-refractivity contribution in [1.29, 1.82) is 0 Å². The third-order valence-corrected chi connectivity index (χ3v) is 6.77. The van der Waals surface area contributed by atoms with E-state index in [1.54, 1.807) is 19.4 Å². The number of carbonyl (C=O) groups is 1. The van der Waals surface area contributed by atoms with Crippen molar-refractivity contribution in [1.82, 2.24) is 14.7 Å². The number of rotatable bonds is 8. The molecular formula is C19H30N4O5S. The van der Waals surface area contributed by atoms with Gasteiger partial charge in [-0.2, -0.15) is 4.98 Å². The normalized spacial score (nSPS) is 30.2. The molecule has 0 aromatic carbocycles. The molecule has 0 aliphatic heterocycles. The molecule has 1 aromatic heterocycles. The lowest BCUT2D eigenvalue weighted by atomic mass is 9.84. The van der Waals surface area contributed by atoms with Crippen molar-refractivity contribution < 1.29 is 22.7 Å². The van der Waals surface area contributed by atoms with Gasteiger partial charge in [-0.1, -0.05) is 0 Å². The average Bonchev–Trinajstić information content (AvgIpc) is 3.09. The predicted octanol–water partition coefficient (Wildman–Crippen LogP) is 1.10. The first-order valence-corrected chi connectivity index (χ1v) is 11.9. The number of sulfonamides is 1. The zero-order chi connectivity index (χ0) is 21.1. The SMILES string of the molecule is COc1ccnc(C2CCC(OC[C@]3(C(N)=O)CC[C@H](NS(C)(=O)=O)C3)CC2)n1. The zero-order valence-electron chi connectivity index (χ0n) is 17.0. The number of nitrogens with zero attached hydrogens (tertiary/aromatic N) is 2. The van der Waals surface area contributed by atoms with E-state index in [-0.39, 0.29) is 24.7 Å². The molecule has 0 unspecified atom stereocenters. The summed E-state index contributed by atoms with van der Waals surface area (Å²) in [5.74, 6) is 1.20. The molecule has 0 spiro atoms. The van der Waals surface area contributed by atoms with E-state index in [0.717, 1.165) is 37.8 Å². The summed E-state index contributed by atoms with van der Waals surface area (Å²) in [6.07, 6.45) is 7.88. The lowest BCUT2D eigenvalue weighted by molar-refractivity contribution is -0.133. The summed E-state index contributed by atoms with van der Waals surface area (Å²) in [7, 11) is -1.73. The third-order valence-electron chi connectivity index (χ3n) is 6.00. The summed E-state index contributed by atoms with van der Waals surface area (Å²) in [4.78, 5) is 20.9. The number of amides is 1. The van der Waals surface area contributed by atoms with Crippen LogP contribution in [0.4, 0.5) is 0 Å². The number of carbonyl (C=O) groups excluding carboxylic acids is 1. The Morgan fingerprint density at radius 3 is 2.66 bits per heavy atom. The molecule has 0 radical (unpaired) electrons. The molecule has 2 atom stereocenters. The van der Waals surface area contributed by atoms with Crippen LogP contribution in [0.1, 0.15) is 56.7 Å². The minimum atomic E-state index is -3.32. The largest absolute Gasteiger partial charge is 0.481 e. The van der Waals surface area contributed by atoms with Crippen molar-refractivity contribution in [2.75, 3.05) is 20.0 Å². The van der Waals surface area contributed by atoms with E-state index < -0.39 is 21.3 Å². The van der Waals surface area contributed by atoms with Crippen LogP contribution >= 0.6 is 0 Å². The number of nitrogens with one attached hydrogen (secondary N) is 1. The summed E-state index contributed by atoms with van der Waals surface area (Å²) in [5.41, 5.74) is 4.86. The van der Waals surface area contributed by atoms with Crippen molar-refractivity contribution >= 4 is 15.9 Å². The van der Waals surface area contributed by atoms with Crippen LogP contribution in [0, 0.1) is 5.41 Å². The molecule has 10 heteroatoms. The van der Waals surface area contributed by atoms with E-state index >= 15 is 0 Å². The van der Waals surface area contributed by atoms with E-state index in [1.807, 2.05) is 0 Å². The van der Waals surface area contributed by atoms with Crippen molar-refractivity contribution in [3.8, 4) is 5.88 Å². The maximum absolute atomic E-state index is 12.1. The van der Waals surface area contributed by atoms with Crippen LogP contribution in [0.15, 0.2) is 12.3 Å². The standard InChI is InChI=1S/C19H30N4O5S/c1-27-16-8-10-21-17(22-16)13-3-5-15(6-4-13)28-12-19(18(20)24)9-7-14(11-19)23-29(2,25)26/h8,10,13-15,23H,3-7,9,11-12H2,1-2H3,(H2,20,24)/t13?,14-,15?,19-/m0/s1. The van der Waals surface area contributed by atoms with Gasteiger partial charge in [0.05, 0.1) is 31.5 Å². The van der Waals surface area contributed by atoms with Gasteiger partial charge in [0.15, 0.2) is 0 Å². The van der Waals surface area contributed by atoms with E-state index in [2.05, 4.69) is 14.7 Å². The van der Waals surface area contributed by atoms with Gasteiger partial charge >= 0.3 is 0 Å². The first-order valence-electron chi connectivity index (χ1n) is 9.96. The Morgan fingerprint density at radius 2 is 2.03 bits per heavy atom. The molecular weight excluding hydrogens is 396 g/mol. The second-order valence-electron chi connectivity index (χ2n) is 8.22. The van der Waals surface area contributed by atoms with Gasteiger partial charge in [0.25, 0.3) is 0 Å². The second-order valence-corrected chi connectivity index (χ2v) is 10.00. The monoisotopic (exact) mass is 426 g/mol. The van der Waals surface area contributed by atoms with Crippen molar-refractivity contribution in [2.45, 2.75) is 63.0 Å². The fourth-order valence-corrected chi connectivity index (χ4v) is 5.19. The molecule has 0 saturated heterocycles. The molecule has 0 bridgehead atoms. The van der Waals surface area contributed by atoms with Gasteiger partial charge in [-0.15, -0.1) is 0 Å². The molecule has 3 N–H and O–H groups in total. The smallest absolute Gasteiger partial charge is 0.226 e. The minimum Gasteiger partial charge on any atom is -0.481 e. The highest BCUT2D eigenvalue weighted by atomic mass is 32.2.